The summed E-state index contributed by atoms with van der Waals surface area (Å²) in [6.45, 7) is 3.35. The number of anilines is 2. The third kappa shape index (κ3) is 6.28. The molecule has 6 N–H and O–H groups in total. The van der Waals surface area contributed by atoms with Crippen LogP contribution >= 0.6 is 0 Å². The molecule has 0 unspecified atom stereocenters. The Labute approximate surface area is 194 Å². The molecule has 0 saturated heterocycles. The van der Waals surface area contributed by atoms with Crippen LogP contribution in [0.15, 0.2) is 47.4 Å². The van der Waals surface area contributed by atoms with Crippen LogP contribution in [0, 0.1) is 19.7 Å². The summed E-state index contributed by atoms with van der Waals surface area (Å²) in [5.74, 6) is -0.631. The van der Waals surface area contributed by atoms with Gasteiger partial charge in [-0.15, -0.1) is 0 Å². The highest BCUT2D eigenvalue weighted by atomic mass is 19.1. The Morgan fingerprint density at radius 3 is 2.53 bits per heavy atom. The largest absolute Gasteiger partial charge is 0.384 e. The molecule has 1 aromatic carbocycles. The standard InChI is InChI=1S/C22H25FN8O3/c1-13-9-26-20(29-30-22(34)27-11-16-5-3-4-6-17(16)23)21(33)31(13)12-19(32)25-10-15-7-8-18(24)28-14(15)2/h3-9H,10-12H2,1-2H3,(H2,24,28)(H,25,32)(H,26,29)(H2,27,30,34). The zero-order valence-corrected chi connectivity index (χ0v) is 18.7. The van der Waals surface area contributed by atoms with Gasteiger partial charge in [0.1, 0.15) is 18.2 Å². The molecule has 3 amide bonds. The molecule has 2 aromatic heterocycles. The first-order valence-corrected chi connectivity index (χ1v) is 10.3. The lowest BCUT2D eigenvalue weighted by atomic mass is 10.2. The van der Waals surface area contributed by atoms with Gasteiger partial charge in [0, 0.05) is 36.2 Å². The monoisotopic (exact) mass is 468 g/mol. The summed E-state index contributed by atoms with van der Waals surface area (Å²) in [4.78, 5) is 45.3. The third-order valence-electron chi connectivity index (χ3n) is 4.94. The maximum Gasteiger partial charge on any atom is 0.333 e. The number of amides is 3. The number of hydrogen-bond donors (Lipinski definition) is 5. The van der Waals surface area contributed by atoms with Crippen LogP contribution in [-0.2, 0) is 24.4 Å². The quantitative estimate of drug-likeness (QED) is 0.310. The van der Waals surface area contributed by atoms with Crippen LogP contribution in [0.1, 0.15) is 22.5 Å². The number of carbonyl (C=O) groups is 2. The summed E-state index contributed by atoms with van der Waals surface area (Å²) in [5, 5.41) is 5.20. The van der Waals surface area contributed by atoms with E-state index in [2.05, 4.69) is 31.5 Å². The van der Waals surface area contributed by atoms with Crippen LogP contribution in [0.4, 0.5) is 20.8 Å². The number of pyridine rings is 1. The molecular weight excluding hydrogens is 443 g/mol. The van der Waals surface area contributed by atoms with Crippen LogP contribution in [0.25, 0.3) is 0 Å². The first kappa shape index (κ1) is 24.2. The SMILES string of the molecule is Cc1nc(N)ccc1CNC(=O)Cn1c(C)cnc(NNC(=O)NCc2ccccc2F)c1=O. The number of aryl methyl sites for hydroxylation is 2. The normalized spacial score (nSPS) is 10.4. The van der Waals surface area contributed by atoms with E-state index in [0.717, 1.165) is 5.56 Å². The molecule has 0 aliphatic carbocycles. The van der Waals surface area contributed by atoms with Crippen molar-refractivity contribution in [3.05, 3.63) is 81.3 Å². The summed E-state index contributed by atoms with van der Waals surface area (Å²) in [6.07, 6.45) is 1.39. The highest BCUT2D eigenvalue weighted by molar-refractivity contribution is 5.76. The van der Waals surface area contributed by atoms with Crippen molar-refractivity contribution in [1.29, 1.82) is 0 Å². The Bertz CT molecular complexity index is 1260. The topological polar surface area (TPSA) is 156 Å². The molecule has 0 aliphatic heterocycles. The van der Waals surface area contributed by atoms with Gasteiger partial charge in [0.15, 0.2) is 0 Å². The molecule has 11 nitrogen and oxygen atoms in total. The maximum atomic E-state index is 13.6. The fraction of sp³-hybridized carbons (Fsp3) is 0.227. The second-order valence-corrected chi connectivity index (χ2v) is 7.42. The molecule has 3 aromatic rings. The van der Waals surface area contributed by atoms with E-state index in [4.69, 9.17) is 5.73 Å². The van der Waals surface area contributed by atoms with Gasteiger partial charge < -0.3 is 16.4 Å². The van der Waals surface area contributed by atoms with Gasteiger partial charge >= 0.3 is 6.03 Å². The Morgan fingerprint density at radius 2 is 1.79 bits per heavy atom. The fourth-order valence-electron chi connectivity index (χ4n) is 3.02. The molecule has 12 heteroatoms. The van der Waals surface area contributed by atoms with E-state index in [1.165, 1.54) is 16.8 Å². The molecular formula is C22H25FN8O3. The van der Waals surface area contributed by atoms with E-state index in [1.54, 1.807) is 44.2 Å². The third-order valence-corrected chi connectivity index (χ3v) is 4.94. The molecule has 2 heterocycles. The smallest absolute Gasteiger partial charge is 0.333 e. The molecule has 34 heavy (non-hydrogen) atoms. The minimum absolute atomic E-state index is 0.0467. The number of nitrogens with two attached hydrogens (primary N) is 1. The molecule has 0 saturated carbocycles. The van der Waals surface area contributed by atoms with Gasteiger partial charge in [-0.25, -0.2) is 19.2 Å². The van der Waals surface area contributed by atoms with Crippen molar-refractivity contribution in [2.75, 3.05) is 11.2 Å². The van der Waals surface area contributed by atoms with Gasteiger partial charge in [-0.2, -0.15) is 0 Å². The van der Waals surface area contributed by atoms with Gasteiger partial charge in [-0.1, -0.05) is 24.3 Å². The Morgan fingerprint density at radius 1 is 1.06 bits per heavy atom. The van der Waals surface area contributed by atoms with Crippen LogP contribution < -0.4 is 32.8 Å². The molecule has 0 fully saturated rings. The van der Waals surface area contributed by atoms with E-state index in [9.17, 15) is 18.8 Å². The van der Waals surface area contributed by atoms with Gasteiger partial charge in [-0.05, 0) is 31.5 Å². The second kappa shape index (κ2) is 10.9. The number of hydrogen-bond acceptors (Lipinski definition) is 7. The highest BCUT2D eigenvalue weighted by Gasteiger charge is 2.13. The second-order valence-electron chi connectivity index (χ2n) is 7.42. The van der Waals surface area contributed by atoms with E-state index in [0.29, 0.717) is 22.8 Å². The number of nitrogens with zero attached hydrogens (tertiary/aromatic N) is 3. The van der Waals surface area contributed by atoms with Crippen LogP contribution in [0.2, 0.25) is 0 Å². The van der Waals surface area contributed by atoms with Crippen molar-refractivity contribution in [1.82, 2.24) is 30.6 Å². The lowest BCUT2D eigenvalue weighted by molar-refractivity contribution is -0.121. The number of aromatic nitrogens is 3. The first-order valence-electron chi connectivity index (χ1n) is 10.3. The number of benzene rings is 1. The summed E-state index contributed by atoms with van der Waals surface area (Å²) < 4.78 is 14.9. The predicted molar refractivity (Wildman–Crippen MR) is 124 cm³/mol. The predicted octanol–water partition coefficient (Wildman–Crippen LogP) is 1.12. The molecule has 0 bridgehead atoms. The van der Waals surface area contributed by atoms with Crippen molar-refractivity contribution >= 4 is 23.6 Å². The van der Waals surface area contributed by atoms with Crippen molar-refractivity contribution in [2.24, 2.45) is 0 Å². The Kier molecular flexibility index (Phi) is 7.75. The van der Waals surface area contributed by atoms with Crippen LogP contribution in [0.5, 0.6) is 0 Å². The summed E-state index contributed by atoms with van der Waals surface area (Å²) in [7, 11) is 0. The maximum absolute atomic E-state index is 13.6. The average molecular weight is 468 g/mol. The molecule has 3 rings (SSSR count). The van der Waals surface area contributed by atoms with Gasteiger partial charge in [0.05, 0.1) is 0 Å². The summed E-state index contributed by atoms with van der Waals surface area (Å²) >= 11 is 0. The number of hydrazine groups is 1. The summed E-state index contributed by atoms with van der Waals surface area (Å²) in [6, 6.07) is 8.75. The lowest BCUT2D eigenvalue weighted by Gasteiger charge is -2.14. The van der Waals surface area contributed by atoms with E-state index >= 15 is 0 Å². The average Bonchev–Trinajstić information content (AvgIpc) is 2.80. The molecule has 0 atom stereocenters. The first-order chi connectivity index (χ1) is 16.2. The van der Waals surface area contributed by atoms with Crippen LogP contribution in [0.3, 0.4) is 0 Å². The number of halogens is 1. The van der Waals surface area contributed by atoms with Crippen molar-refractivity contribution in [2.45, 2.75) is 33.5 Å². The number of carbonyl (C=O) groups excluding carboxylic acids is 2. The van der Waals surface area contributed by atoms with Gasteiger partial charge in [0.25, 0.3) is 5.56 Å². The molecule has 0 aliphatic rings. The van der Waals surface area contributed by atoms with E-state index < -0.39 is 23.3 Å². The molecule has 0 radical (unpaired) electrons. The number of urea groups is 1. The highest BCUT2D eigenvalue weighted by Crippen LogP contribution is 2.08. The van der Waals surface area contributed by atoms with E-state index in [1.807, 2.05) is 0 Å². The minimum atomic E-state index is -0.693. The molecule has 178 valence electrons. The van der Waals surface area contributed by atoms with Crippen molar-refractivity contribution in [3.8, 4) is 0 Å². The molecule has 0 spiro atoms. The Balaban J connectivity index is 1.57. The van der Waals surface area contributed by atoms with Crippen LogP contribution in [-0.4, -0.2) is 26.5 Å². The van der Waals surface area contributed by atoms with Crippen molar-refractivity contribution < 1.29 is 14.0 Å². The zero-order chi connectivity index (χ0) is 24.7. The minimum Gasteiger partial charge on any atom is -0.384 e. The van der Waals surface area contributed by atoms with Gasteiger partial charge in [0.2, 0.25) is 11.7 Å². The summed E-state index contributed by atoms with van der Waals surface area (Å²) in [5.41, 5.74) is 12.0. The number of rotatable bonds is 8. The van der Waals surface area contributed by atoms with Crippen molar-refractivity contribution in [3.63, 3.8) is 0 Å². The number of nitrogen functional groups attached to an aromatic ring is 1. The zero-order valence-electron chi connectivity index (χ0n) is 18.7. The lowest BCUT2D eigenvalue weighted by Crippen LogP contribution is -2.42. The Hall–Kier alpha value is -4.48. The fourth-order valence-corrected chi connectivity index (χ4v) is 3.02. The van der Waals surface area contributed by atoms with E-state index in [-0.39, 0.29) is 25.5 Å². The van der Waals surface area contributed by atoms with Gasteiger partial charge in [-0.3, -0.25) is 25.0 Å². The number of nitrogens with one attached hydrogen (secondary N) is 4.